The smallest absolute Gasteiger partial charge is 0.409 e. The predicted octanol–water partition coefficient (Wildman–Crippen LogP) is 3.32. The van der Waals surface area contributed by atoms with Crippen LogP contribution in [0.5, 0.6) is 0 Å². The summed E-state index contributed by atoms with van der Waals surface area (Å²) in [6.45, 7) is 3.86. The molecule has 0 fully saturated rings. The molecule has 3 rings (SSSR count). The van der Waals surface area contributed by atoms with Gasteiger partial charge in [-0.05, 0) is 71.1 Å². The lowest BCUT2D eigenvalue weighted by Crippen LogP contribution is -2.22. The third-order valence-corrected chi connectivity index (χ3v) is 3.97. The van der Waals surface area contributed by atoms with Crippen LogP contribution >= 0.6 is 11.6 Å². The van der Waals surface area contributed by atoms with Crippen LogP contribution in [0.3, 0.4) is 0 Å². The van der Waals surface area contributed by atoms with Gasteiger partial charge in [0.1, 0.15) is 5.69 Å². The van der Waals surface area contributed by atoms with Crippen LogP contribution in [0.15, 0.2) is 47.5 Å². The summed E-state index contributed by atoms with van der Waals surface area (Å²) < 4.78 is 0. The summed E-state index contributed by atoms with van der Waals surface area (Å²) in [4.78, 5) is 16.3. The number of aryl methyl sites for hydroxylation is 2. The molecule has 1 heterocycles. The standard InChI is InChI=1S/C16H14ClN5O3/c1-10-3-6-13(9-11(10)2)18-15-16(22(24)25)19-20(21(15)23)14-7-4-12(17)5-8-14/h3-9,23H,1-2H3. The van der Waals surface area contributed by atoms with E-state index in [2.05, 4.69) is 10.1 Å². The molecule has 0 aliphatic heterocycles. The zero-order valence-corrected chi connectivity index (χ0v) is 14.2. The van der Waals surface area contributed by atoms with Crippen LogP contribution in [0, 0.1) is 24.0 Å². The highest BCUT2D eigenvalue weighted by Crippen LogP contribution is 2.18. The SMILES string of the molecule is Cc1ccc(N=c2c([N+](=O)[O-])nn(-c3ccc(Cl)cc3)n2O)cc1C. The summed E-state index contributed by atoms with van der Waals surface area (Å²) in [5.41, 5.74) is 2.66. The van der Waals surface area contributed by atoms with Gasteiger partial charge in [-0.25, -0.2) is 4.99 Å². The quantitative estimate of drug-likeness (QED) is 0.440. The van der Waals surface area contributed by atoms with Gasteiger partial charge in [-0.15, -0.1) is 0 Å². The van der Waals surface area contributed by atoms with Crippen LogP contribution in [0.25, 0.3) is 5.69 Å². The fourth-order valence-electron chi connectivity index (χ4n) is 2.23. The summed E-state index contributed by atoms with van der Waals surface area (Å²) in [6, 6.07) is 11.7. The Labute approximate surface area is 147 Å². The second-order valence-electron chi connectivity index (χ2n) is 5.44. The molecular weight excluding hydrogens is 346 g/mol. The third-order valence-electron chi connectivity index (χ3n) is 3.71. The molecule has 0 aliphatic carbocycles. The molecule has 0 radical (unpaired) electrons. The fourth-order valence-corrected chi connectivity index (χ4v) is 2.35. The highest BCUT2D eigenvalue weighted by molar-refractivity contribution is 6.30. The summed E-state index contributed by atoms with van der Waals surface area (Å²) in [6.07, 6.45) is 0. The molecule has 8 nitrogen and oxygen atoms in total. The number of nitro groups is 1. The lowest BCUT2D eigenvalue weighted by molar-refractivity contribution is -0.391. The highest BCUT2D eigenvalue weighted by atomic mass is 35.5. The molecule has 0 amide bonds. The van der Waals surface area contributed by atoms with Gasteiger partial charge in [-0.2, -0.15) is 0 Å². The van der Waals surface area contributed by atoms with Crippen LogP contribution in [0.4, 0.5) is 11.5 Å². The second kappa shape index (κ2) is 6.40. The lowest BCUT2D eigenvalue weighted by Gasteiger charge is -2.01. The number of halogens is 1. The first kappa shape index (κ1) is 16.7. The first-order valence-corrected chi connectivity index (χ1v) is 7.68. The molecule has 0 aliphatic rings. The maximum atomic E-state index is 11.3. The predicted molar refractivity (Wildman–Crippen MR) is 91.5 cm³/mol. The molecule has 0 atom stereocenters. The van der Waals surface area contributed by atoms with Gasteiger partial charge in [0, 0.05) is 5.02 Å². The van der Waals surface area contributed by atoms with E-state index in [0.29, 0.717) is 21.2 Å². The molecule has 0 spiro atoms. The second-order valence-corrected chi connectivity index (χ2v) is 5.88. The number of benzene rings is 2. The summed E-state index contributed by atoms with van der Waals surface area (Å²) >= 11 is 5.84. The highest BCUT2D eigenvalue weighted by Gasteiger charge is 2.24. The van der Waals surface area contributed by atoms with E-state index in [1.165, 1.54) is 0 Å². The van der Waals surface area contributed by atoms with E-state index in [1.807, 2.05) is 19.9 Å². The van der Waals surface area contributed by atoms with Gasteiger partial charge in [0.2, 0.25) is 0 Å². The van der Waals surface area contributed by atoms with E-state index in [4.69, 9.17) is 11.6 Å². The third kappa shape index (κ3) is 3.24. The van der Waals surface area contributed by atoms with Crippen molar-refractivity contribution >= 4 is 23.1 Å². The molecule has 0 saturated carbocycles. The summed E-state index contributed by atoms with van der Waals surface area (Å²) in [5.74, 6) is -0.560. The Morgan fingerprint density at radius 2 is 1.84 bits per heavy atom. The van der Waals surface area contributed by atoms with Crippen LogP contribution in [0.2, 0.25) is 5.02 Å². The largest absolute Gasteiger partial charge is 0.438 e. The van der Waals surface area contributed by atoms with Gasteiger partial charge in [0.05, 0.1) is 10.8 Å². The molecule has 1 N–H and O–H groups in total. The van der Waals surface area contributed by atoms with E-state index >= 15 is 0 Å². The van der Waals surface area contributed by atoms with Crippen molar-refractivity contribution in [2.45, 2.75) is 13.8 Å². The molecule has 1 aromatic heterocycles. The first-order chi connectivity index (χ1) is 11.9. The van der Waals surface area contributed by atoms with E-state index in [1.54, 1.807) is 36.4 Å². The van der Waals surface area contributed by atoms with Crippen molar-refractivity contribution in [3.63, 3.8) is 0 Å². The monoisotopic (exact) mass is 359 g/mol. The van der Waals surface area contributed by atoms with Crippen molar-refractivity contribution in [3.05, 3.63) is 74.2 Å². The molecule has 0 unspecified atom stereocenters. The van der Waals surface area contributed by atoms with Crippen LogP contribution in [0.1, 0.15) is 11.1 Å². The minimum Gasteiger partial charge on any atom is -0.409 e. The molecular formula is C16H14ClN5O3. The van der Waals surface area contributed by atoms with Crippen LogP contribution < -0.4 is 5.49 Å². The van der Waals surface area contributed by atoms with Crippen molar-refractivity contribution in [1.29, 1.82) is 0 Å². The Kier molecular flexibility index (Phi) is 4.28. The molecule has 3 aromatic rings. The number of rotatable bonds is 3. The molecule has 128 valence electrons. The van der Waals surface area contributed by atoms with Crippen LogP contribution in [-0.2, 0) is 0 Å². The van der Waals surface area contributed by atoms with Crippen molar-refractivity contribution < 1.29 is 10.1 Å². The molecule has 0 bridgehead atoms. The normalized spacial score (nSPS) is 11.7. The van der Waals surface area contributed by atoms with E-state index in [9.17, 15) is 15.3 Å². The van der Waals surface area contributed by atoms with Gasteiger partial charge in [-0.1, -0.05) is 22.5 Å². The van der Waals surface area contributed by atoms with E-state index < -0.39 is 10.7 Å². The Morgan fingerprint density at radius 3 is 2.44 bits per heavy atom. The fraction of sp³-hybridized carbons (Fsp3) is 0.125. The minimum atomic E-state index is -0.695. The average Bonchev–Trinajstić information content (AvgIpc) is 2.89. The lowest BCUT2D eigenvalue weighted by atomic mass is 10.1. The van der Waals surface area contributed by atoms with Gasteiger partial charge in [0.25, 0.3) is 5.49 Å². The average molecular weight is 360 g/mol. The Morgan fingerprint density at radius 1 is 1.16 bits per heavy atom. The van der Waals surface area contributed by atoms with E-state index in [-0.39, 0.29) is 5.49 Å². The number of nitrogens with zero attached hydrogens (tertiary/aromatic N) is 5. The first-order valence-electron chi connectivity index (χ1n) is 7.31. The van der Waals surface area contributed by atoms with Crippen molar-refractivity contribution in [3.8, 4) is 5.69 Å². The van der Waals surface area contributed by atoms with Crippen LogP contribution in [-0.4, -0.2) is 24.9 Å². The zero-order chi connectivity index (χ0) is 18.1. The van der Waals surface area contributed by atoms with Gasteiger partial charge >= 0.3 is 5.82 Å². The van der Waals surface area contributed by atoms with Crippen molar-refractivity contribution in [2.75, 3.05) is 0 Å². The topological polar surface area (TPSA) is 98.5 Å². The van der Waals surface area contributed by atoms with Gasteiger partial charge in [-0.3, -0.25) is 0 Å². The van der Waals surface area contributed by atoms with Crippen molar-refractivity contribution in [1.82, 2.24) is 14.7 Å². The van der Waals surface area contributed by atoms with E-state index in [0.717, 1.165) is 15.9 Å². The Hall–Kier alpha value is -3.13. The number of hydrogen-bond acceptors (Lipinski definition) is 5. The Bertz CT molecular complexity index is 1020. The van der Waals surface area contributed by atoms with Gasteiger partial charge in [0.15, 0.2) is 0 Å². The number of aromatic nitrogens is 3. The Balaban J connectivity index is 2.21. The molecule has 9 heteroatoms. The summed E-state index contributed by atoms with van der Waals surface area (Å²) in [5, 5.41) is 26.0. The molecule has 25 heavy (non-hydrogen) atoms. The molecule has 0 saturated heterocycles. The van der Waals surface area contributed by atoms with Gasteiger partial charge < -0.3 is 15.3 Å². The zero-order valence-electron chi connectivity index (χ0n) is 13.4. The summed E-state index contributed by atoms with van der Waals surface area (Å²) in [7, 11) is 0. The minimum absolute atomic E-state index is 0.275. The maximum absolute atomic E-state index is 11.3. The maximum Gasteiger partial charge on any atom is 0.438 e. The number of hydrogen-bond donors (Lipinski definition) is 1. The molecule has 2 aromatic carbocycles. The van der Waals surface area contributed by atoms with Crippen molar-refractivity contribution in [2.24, 2.45) is 4.99 Å².